The van der Waals surface area contributed by atoms with E-state index in [1.165, 1.54) is 0 Å². The van der Waals surface area contributed by atoms with Crippen molar-refractivity contribution in [2.45, 2.75) is 6.54 Å². The Morgan fingerprint density at radius 1 is 1.62 bits per heavy atom. The Morgan fingerprint density at radius 3 is 3.23 bits per heavy atom. The molecule has 0 atom stereocenters. The Labute approximate surface area is 74.2 Å². The van der Waals surface area contributed by atoms with E-state index in [2.05, 4.69) is 9.97 Å². The number of aromatic nitrogens is 3. The van der Waals surface area contributed by atoms with E-state index in [1.807, 2.05) is 0 Å². The van der Waals surface area contributed by atoms with Crippen molar-refractivity contribution in [1.29, 1.82) is 0 Å². The van der Waals surface area contributed by atoms with Crippen molar-refractivity contribution in [2.24, 2.45) is 5.73 Å². The molecular weight excluding hydrogens is 168 g/mol. The number of hydrogen-bond acceptors (Lipinski definition) is 3. The van der Waals surface area contributed by atoms with Gasteiger partial charge >= 0.3 is 5.69 Å². The van der Waals surface area contributed by atoms with Crippen LogP contribution in [0.3, 0.4) is 0 Å². The molecule has 0 spiro atoms. The number of hydrogen-bond donors (Lipinski definition) is 2. The minimum Gasteiger partial charge on any atom is -0.329 e. The lowest BCUT2D eigenvalue weighted by Gasteiger charge is -1.97. The van der Waals surface area contributed by atoms with E-state index >= 15 is 0 Å². The van der Waals surface area contributed by atoms with Gasteiger partial charge in [0.25, 0.3) is 0 Å². The Balaban J connectivity index is 2.71. The molecule has 5 heteroatoms. The van der Waals surface area contributed by atoms with E-state index in [-0.39, 0.29) is 5.69 Å². The normalized spacial score (nSPS) is 10.8. The van der Waals surface area contributed by atoms with Crippen molar-refractivity contribution in [3.8, 4) is 0 Å². The SMILES string of the molecule is NCCn1c(=O)[nH]c2ccncc21. The maximum absolute atomic E-state index is 11.4. The molecule has 0 bridgehead atoms. The molecular formula is C8H10N4O. The summed E-state index contributed by atoms with van der Waals surface area (Å²) >= 11 is 0. The number of rotatable bonds is 2. The predicted molar refractivity (Wildman–Crippen MR) is 49.4 cm³/mol. The Hall–Kier alpha value is -1.62. The van der Waals surface area contributed by atoms with Gasteiger partial charge in [0, 0.05) is 19.3 Å². The highest BCUT2D eigenvalue weighted by Gasteiger charge is 2.03. The first-order valence-electron chi connectivity index (χ1n) is 4.05. The fourth-order valence-electron chi connectivity index (χ4n) is 1.35. The van der Waals surface area contributed by atoms with Crippen LogP contribution >= 0.6 is 0 Å². The minimum absolute atomic E-state index is 0.131. The molecule has 0 unspecified atom stereocenters. The summed E-state index contributed by atoms with van der Waals surface area (Å²) in [6.45, 7) is 0.965. The molecule has 2 aromatic rings. The van der Waals surface area contributed by atoms with Crippen molar-refractivity contribution < 1.29 is 0 Å². The van der Waals surface area contributed by atoms with Gasteiger partial charge in [-0.25, -0.2) is 4.79 Å². The first-order valence-corrected chi connectivity index (χ1v) is 4.05. The standard InChI is InChI=1S/C8H10N4O/c9-2-4-12-7-5-10-3-1-6(7)11-8(12)13/h1,3,5H,2,4,9H2,(H,11,13). The summed E-state index contributed by atoms with van der Waals surface area (Å²) < 4.78 is 1.59. The number of H-pyrrole nitrogens is 1. The van der Waals surface area contributed by atoms with Crippen LogP contribution < -0.4 is 11.4 Å². The molecule has 0 amide bonds. The average Bonchev–Trinajstić information content (AvgIpc) is 2.44. The first kappa shape index (κ1) is 8.00. The number of pyridine rings is 1. The van der Waals surface area contributed by atoms with Crippen LogP contribution in [0.4, 0.5) is 0 Å². The lowest BCUT2D eigenvalue weighted by molar-refractivity contribution is 0.702. The lowest BCUT2D eigenvalue weighted by atomic mass is 10.4. The van der Waals surface area contributed by atoms with Crippen LogP contribution in [0.1, 0.15) is 0 Å². The number of aromatic amines is 1. The molecule has 2 heterocycles. The summed E-state index contributed by atoms with van der Waals surface area (Å²) in [5.74, 6) is 0. The maximum atomic E-state index is 11.4. The van der Waals surface area contributed by atoms with Crippen molar-refractivity contribution in [1.82, 2.24) is 14.5 Å². The van der Waals surface area contributed by atoms with Crippen LogP contribution in [0.5, 0.6) is 0 Å². The van der Waals surface area contributed by atoms with Gasteiger partial charge in [-0.15, -0.1) is 0 Å². The molecule has 13 heavy (non-hydrogen) atoms. The van der Waals surface area contributed by atoms with Crippen molar-refractivity contribution in [3.63, 3.8) is 0 Å². The van der Waals surface area contributed by atoms with E-state index < -0.39 is 0 Å². The van der Waals surface area contributed by atoms with Gasteiger partial charge in [-0.3, -0.25) is 9.55 Å². The van der Waals surface area contributed by atoms with E-state index in [0.717, 1.165) is 11.0 Å². The number of fused-ring (bicyclic) bond motifs is 1. The topological polar surface area (TPSA) is 76.7 Å². The van der Waals surface area contributed by atoms with E-state index in [4.69, 9.17) is 5.73 Å². The molecule has 0 aliphatic carbocycles. The van der Waals surface area contributed by atoms with Gasteiger partial charge in [0.15, 0.2) is 0 Å². The van der Waals surface area contributed by atoms with Gasteiger partial charge in [0.1, 0.15) is 0 Å². The molecule has 2 rings (SSSR count). The summed E-state index contributed by atoms with van der Waals surface area (Å²) in [7, 11) is 0. The molecule has 0 radical (unpaired) electrons. The Morgan fingerprint density at radius 2 is 2.46 bits per heavy atom. The number of nitrogens with zero attached hydrogens (tertiary/aromatic N) is 2. The predicted octanol–water partition coefficient (Wildman–Crippen LogP) is -0.317. The summed E-state index contributed by atoms with van der Waals surface area (Å²) in [5.41, 5.74) is 6.86. The van der Waals surface area contributed by atoms with Crippen molar-refractivity contribution >= 4 is 11.0 Å². The summed E-state index contributed by atoms with van der Waals surface area (Å²) in [6.07, 6.45) is 3.30. The molecule has 0 aliphatic rings. The van der Waals surface area contributed by atoms with Crippen LogP contribution in [0, 0.1) is 0 Å². The van der Waals surface area contributed by atoms with Crippen LogP contribution in [0.2, 0.25) is 0 Å². The molecule has 0 fully saturated rings. The molecule has 68 valence electrons. The monoisotopic (exact) mass is 178 g/mol. The van der Waals surface area contributed by atoms with Gasteiger partial charge in [-0.2, -0.15) is 0 Å². The fourth-order valence-corrected chi connectivity index (χ4v) is 1.35. The minimum atomic E-state index is -0.131. The Kier molecular flexibility index (Phi) is 1.86. The zero-order valence-corrected chi connectivity index (χ0v) is 7.03. The average molecular weight is 178 g/mol. The van der Waals surface area contributed by atoms with Gasteiger partial charge in [-0.1, -0.05) is 0 Å². The van der Waals surface area contributed by atoms with Gasteiger partial charge in [0.2, 0.25) is 0 Å². The van der Waals surface area contributed by atoms with E-state index in [1.54, 1.807) is 23.0 Å². The molecule has 5 nitrogen and oxygen atoms in total. The molecule has 0 aliphatic heterocycles. The highest BCUT2D eigenvalue weighted by atomic mass is 16.1. The molecule has 3 N–H and O–H groups in total. The Bertz CT molecular complexity index is 470. The quantitative estimate of drug-likeness (QED) is 0.661. The maximum Gasteiger partial charge on any atom is 0.326 e. The fraction of sp³-hybridized carbons (Fsp3) is 0.250. The summed E-state index contributed by atoms with van der Waals surface area (Å²) in [5, 5.41) is 0. The highest BCUT2D eigenvalue weighted by molar-refractivity contribution is 5.73. The van der Waals surface area contributed by atoms with Crippen LogP contribution in [0.25, 0.3) is 11.0 Å². The van der Waals surface area contributed by atoms with E-state index in [9.17, 15) is 4.79 Å². The second-order valence-electron chi connectivity index (χ2n) is 2.76. The van der Waals surface area contributed by atoms with Gasteiger partial charge in [-0.05, 0) is 6.07 Å². The zero-order valence-electron chi connectivity index (χ0n) is 7.03. The lowest BCUT2D eigenvalue weighted by Crippen LogP contribution is -2.21. The summed E-state index contributed by atoms with van der Waals surface area (Å²) in [6, 6.07) is 1.77. The highest BCUT2D eigenvalue weighted by Crippen LogP contribution is 2.05. The summed E-state index contributed by atoms with van der Waals surface area (Å²) in [4.78, 5) is 18.0. The third kappa shape index (κ3) is 1.23. The van der Waals surface area contributed by atoms with Gasteiger partial charge in [0.05, 0.1) is 17.2 Å². The number of imidazole rings is 1. The van der Waals surface area contributed by atoms with Crippen molar-refractivity contribution in [3.05, 3.63) is 28.9 Å². The first-order chi connectivity index (χ1) is 6.33. The zero-order chi connectivity index (χ0) is 9.26. The third-order valence-corrected chi connectivity index (χ3v) is 1.93. The van der Waals surface area contributed by atoms with E-state index in [0.29, 0.717) is 13.1 Å². The second-order valence-corrected chi connectivity index (χ2v) is 2.76. The largest absolute Gasteiger partial charge is 0.329 e. The van der Waals surface area contributed by atoms with Crippen LogP contribution in [-0.2, 0) is 6.54 Å². The molecule has 0 saturated heterocycles. The third-order valence-electron chi connectivity index (χ3n) is 1.93. The smallest absolute Gasteiger partial charge is 0.326 e. The second kappa shape index (κ2) is 3.02. The molecule has 0 aromatic carbocycles. The number of nitrogens with one attached hydrogen (secondary N) is 1. The molecule has 0 saturated carbocycles. The van der Waals surface area contributed by atoms with Crippen LogP contribution in [-0.4, -0.2) is 21.1 Å². The molecule has 2 aromatic heterocycles. The van der Waals surface area contributed by atoms with Crippen molar-refractivity contribution in [2.75, 3.05) is 6.54 Å². The number of nitrogens with two attached hydrogens (primary N) is 1. The van der Waals surface area contributed by atoms with Crippen LogP contribution in [0.15, 0.2) is 23.3 Å². The van der Waals surface area contributed by atoms with Gasteiger partial charge < -0.3 is 10.7 Å².